The summed E-state index contributed by atoms with van der Waals surface area (Å²) in [4.78, 5) is 13.3. The second kappa shape index (κ2) is 6.36. The summed E-state index contributed by atoms with van der Waals surface area (Å²) >= 11 is 0. The number of fused-ring (bicyclic) bond motifs is 1. The van der Waals surface area contributed by atoms with Crippen LogP contribution in [0.15, 0.2) is 42.5 Å². The van der Waals surface area contributed by atoms with E-state index in [9.17, 15) is 10.1 Å². The number of nitrogens with zero attached hydrogens (tertiary/aromatic N) is 2. The van der Waals surface area contributed by atoms with Gasteiger partial charge in [-0.15, -0.1) is 0 Å². The Morgan fingerprint density at radius 3 is 2.58 bits per heavy atom. The molecule has 1 atom stereocenters. The van der Waals surface area contributed by atoms with Gasteiger partial charge < -0.3 is 4.90 Å². The zero-order chi connectivity index (χ0) is 16.5. The Kier molecular flexibility index (Phi) is 4.07. The Labute approximate surface area is 142 Å². The zero-order valence-corrected chi connectivity index (χ0v) is 13.8. The molecule has 1 aliphatic heterocycles. The number of aryl methyl sites for hydroxylation is 1. The van der Waals surface area contributed by atoms with E-state index in [1.165, 1.54) is 43.5 Å². The molecular formula is C20H22N2O2. The molecule has 2 aromatic rings. The Hall–Kier alpha value is -2.20. The number of hydrogen-bond donors (Lipinski definition) is 0. The summed E-state index contributed by atoms with van der Waals surface area (Å²) < 4.78 is 0. The highest BCUT2D eigenvalue weighted by molar-refractivity contribution is 5.67. The molecule has 1 aliphatic carbocycles. The molecule has 0 spiro atoms. The van der Waals surface area contributed by atoms with E-state index in [2.05, 4.69) is 23.1 Å². The number of nitro groups is 1. The third-order valence-corrected chi connectivity index (χ3v) is 5.46. The number of non-ortho nitro benzene ring substituents is 1. The molecule has 1 heterocycles. The SMILES string of the molecule is O=[N+]([O-])c1cccc(-c2ccc3c(c2)CCC(N2CCCC2)C3)c1. The summed E-state index contributed by atoms with van der Waals surface area (Å²) in [5, 5.41) is 11.0. The van der Waals surface area contributed by atoms with Crippen LogP contribution in [-0.2, 0) is 12.8 Å². The molecule has 0 aromatic heterocycles. The molecular weight excluding hydrogens is 300 g/mol. The highest BCUT2D eigenvalue weighted by Gasteiger charge is 2.26. The van der Waals surface area contributed by atoms with Crippen molar-refractivity contribution in [1.29, 1.82) is 0 Å². The molecule has 1 unspecified atom stereocenters. The van der Waals surface area contributed by atoms with Gasteiger partial charge in [0.15, 0.2) is 0 Å². The van der Waals surface area contributed by atoms with Crippen LogP contribution in [0, 0.1) is 10.1 Å². The first-order chi connectivity index (χ1) is 11.7. The summed E-state index contributed by atoms with van der Waals surface area (Å²) in [6.07, 6.45) is 6.17. The molecule has 24 heavy (non-hydrogen) atoms. The predicted octanol–water partition coefficient (Wildman–Crippen LogP) is 4.21. The number of rotatable bonds is 3. The molecule has 1 saturated heterocycles. The zero-order valence-electron chi connectivity index (χ0n) is 13.8. The average Bonchev–Trinajstić information content (AvgIpc) is 3.15. The quantitative estimate of drug-likeness (QED) is 0.628. The minimum absolute atomic E-state index is 0.152. The van der Waals surface area contributed by atoms with Crippen LogP contribution in [0.1, 0.15) is 30.4 Å². The van der Waals surface area contributed by atoms with Crippen molar-refractivity contribution in [2.45, 2.75) is 38.1 Å². The minimum Gasteiger partial charge on any atom is -0.300 e. The topological polar surface area (TPSA) is 46.4 Å². The molecule has 0 saturated carbocycles. The van der Waals surface area contributed by atoms with E-state index in [0.29, 0.717) is 6.04 Å². The molecule has 2 aliphatic rings. The maximum Gasteiger partial charge on any atom is 0.270 e. The van der Waals surface area contributed by atoms with E-state index in [1.807, 2.05) is 6.07 Å². The van der Waals surface area contributed by atoms with E-state index < -0.39 is 0 Å². The van der Waals surface area contributed by atoms with Gasteiger partial charge in [0.1, 0.15) is 0 Å². The number of benzene rings is 2. The second-order valence-electron chi connectivity index (χ2n) is 6.93. The van der Waals surface area contributed by atoms with Crippen molar-refractivity contribution in [2.24, 2.45) is 0 Å². The molecule has 4 heteroatoms. The molecule has 2 aromatic carbocycles. The molecule has 0 bridgehead atoms. The van der Waals surface area contributed by atoms with Gasteiger partial charge in [-0.25, -0.2) is 0 Å². The van der Waals surface area contributed by atoms with Crippen LogP contribution in [-0.4, -0.2) is 29.0 Å². The van der Waals surface area contributed by atoms with E-state index in [1.54, 1.807) is 18.2 Å². The van der Waals surface area contributed by atoms with Crippen LogP contribution in [0.4, 0.5) is 5.69 Å². The standard InChI is InChI=1S/C20H22N2O2/c23-22(24)20-5-3-4-15(14-20)16-6-7-18-13-19(9-8-17(18)12-16)21-10-1-2-11-21/h3-7,12,14,19H,1-2,8-11,13H2. The molecule has 0 radical (unpaired) electrons. The molecule has 4 nitrogen and oxygen atoms in total. The first-order valence-electron chi connectivity index (χ1n) is 8.81. The number of nitro benzene ring substituents is 1. The Morgan fingerprint density at radius 2 is 1.79 bits per heavy atom. The van der Waals surface area contributed by atoms with Gasteiger partial charge in [0.25, 0.3) is 5.69 Å². The summed E-state index contributed by atoms with van der Waals surface area (Å²) in [5.74, 6) is 0. The molecule has 4 rings (SSSR count). The van der Waals surface area contributed by atoms with Gasteiger partial charge >= 0.3 is 0 Å². The third-order valence-electron chi connectivity index (χ3n) is 5.46. The maximum atomic E-state index is 11.0. The Balaban J connectivity index is 1.58. The lowest BCUT2D eigenvalue weighted by molar-refractivity contribution is -0.384. The van der Waals surface area contributed by atoms with Crippen LogP contribution >= 0.6 is 0 Å². The van der Waals surface area contributed by atoms with Crippen LogP contribution in [0.25, 0.3) is 11.1 Å². The first-order valence-corrected chi connectivity index (χ1v) is 8.81. The Morgan fingerprint density at radius 1 is 1.00 bits per heavy atom. The van der Waals surface area contributed by atoms with Gasteiger partial charge in [0.2, 0.25) is 0 Å². The van der Waals surface area contributed by atoms with Gasteiger partial charge in [-0.05, 0) is 67.4 Å². The van der Waals surface area contributed by atoms with Gasteiger partial charge in [-0.3, -0.25) is 10.1 Å². The fraction of sp³-hybridized carbons (Fsp3) is 0.400. The maximum absolute atomic E-state index is 11.0. The fourth-order valence-electron chi connectivity index (χ4n) is 4.13. The smallest absolute Gasteiger partial charge is 0.270 e. The van der Waals surface area contributed by atoms with Crippen molar-refractivity contribution in [3.05, 3.63) is 63.7 Å². The van der Waals surface area contributed by atoms with Crippen LogP contribution in [0.2, 0.25) is 0 Å². The lowest BCUT2D eigenvalue weighted by atomic mass is 9.85. The highest BCUT2D eigenvalue weighted by atomic mass is 16.6. The lowest BCUT2D eigenvalue weighted by Crippen LogP contribution is -2.37. The predicted molar refractivity (Wildman–Crippen MR) is 95.2 cm³/mol. The van der Waals surface area contributed by atoms with Crippen molar-refractivity contribution in [3.63, 3.8) is 0 Å². The van der Waals surface area contributed by atoms with Gasteiger partial charge in [0, 0.05) is 18.2 Å². The van der Waals surface area contributed by atoms with E-state index in [-0.39, 0.29) is 10.6 Å². The molecule has 124 valence electrons. The lowest BCUT2D eigenvalue weighted by Gasteiger charge is -2.32. The van der Waals surface area contributed by atoms with Crippen molar-refractivity contribution >= 4 is 5.69 Å². The van der Waals surface area contributed by atoms with Crippen molar-refractivity contribution in [1.82, 2.24) is 4.90 Å². The monoisotopic (exact) mass is 322 g/mol. The van der Waals surface area contributed by atoms with Crippen LogP contribution < -0.4 is 0 Å². The van der Waals surface area contributed by atoms with Gasteiger partial charge in [0.05, 0.1) is 4.92 Å². The average molecular weight is 322 g/mol. The van der Waals surface area contributed by atoms with E-state index >= 15 is 0 Å². The highest BCUT2D eigenvalue weighted by Crippen LogP contribution is 2.31. The Bertz CT molecular complexity index is 766. The van der Waals surface area contributed by atoms with E-state index in [4.69, 9.17) is 0 Å². The van der Waals surface area contributed by atoms with Crippen LogP contribution in [0.5, 0.6) is 0 Å². The summed E-state index contributed by atoms with van der Waals surface area (Å²) in [6, 6.07) is 14.2. The van der Waals surface area contributed by atoms with Crippen molar-refractivity contribution in [2.75, 3.05) is 13.1 Å². The fourth-order valence-corrected chi connectivity index (χ4v) is 4.13. The first kappa shape index (κ1) is 15.3. The summed E-state index contributed by atoms with van der Waals surface area (Å²) in [6.45, 7) is 2.51. The second-order valence-corrected chi connectivity index (χ2v) is 6.93. The largest absolute Gasteiger partial charge is 0.300 e. The summed E-state index contributed by atoms with van der Waals surface area (Å²) in [5.41, 5.74) is 5.02. The molecule has 0 N–H and O–H groups in total. The third kappa shape index (κ3) is 2.94. The van der Waals surface area contributed by atoms with Crippen molar-refractivity contribution < 1.29 is 4.92 Å². The normalized spacial score (nSPS) is 20.8. The van der Waals surface area contributed by atoms with E-state index in [0.717, 1.165) is 24.0 Å². The number of likely N-dealkylation sites (tertiary alicyclic amines) is 1. The van der Waals surface area contributed by atoms with Gasteiger partial charge in [-0.1, -0.05) is 30.3 Å². The number of hydrogen-bond acceptors (Lipinski definition) is 3. The summed E-state index contributed by atoms with van der Waals surface area (Å²) in [7, 11) is 0. The minimum atomic E-state index is -0.331. The van der Waals surface area contributed by atoms with Gasteiger partial charge in [-0.2, -0.15) is 0 Å². The molecule has 1 fully saturated rings. The molecule has 0 amide bonds. The van der Waals surface area contributed by atoms with Crippen molar-refractivity contribution in [3.8, 4) is 11.1 Å². The van der Waals surface area contributed by atoms with Crippen LogP contribution in [0.3, 0.4) is 0 Å².